The van der Waals surface area contributed by atoms with E-state index in [1.165, 1.54) is 0 Å². The van der Waals surface area contributed by atoms with E-state index in [1.807, 2.05) is 66.7 Å². The van der Waals surface area contributed by atoms with E-state index >= 15 is 0 Å². The van der Waals surface area contributed by atoms with Crippen LogP contribution in [0.1, 0.15) is 0 Å². The topological polar surface area (TPSA) is 93.1 Å². The molecule has 0 aliphatic heterocycles. The molecule has 1 N–H and O–H groups in total. The number of rotatable bonds is 4. The Kier molecular flexibility index (Phi) is 4.96. The van der Waals surface area contributed by atoms with Crippen LogP contribution in [0.5, 0.6) is 0 Å². The van der Waals surface area contributed by atoms with Crippen molar-refractivity contribution in [3.8, 4) is 45.4 Å². The molecule has 7 aromatic rings. The van der Waals surface area contributed by atoms with Crippen molar-refractivity contribution in [1.82, 2.24) is 34.9 Å². The van der Waals surface area contributed by atoms with Crippen molar-refractivity contribution < 1.29 is 0 Å². The highest BCUT2D eigenvalue weighted by atomic mass is 14.9. The van der Waals surface area contributed by atoms with Gasteiger partial charge in [0.1, 0.15) is 17.1 Å². The minimum absolute atomic E-state index is 0.702. The molecule has 5 heterocycles. The first kappa shape index (κ1) is 21.0. The van der Waals surface area contributed by atoms with E-state index in [2.05, 4.69) is 44.2 Å². The Morgan fingerprint density at radius 1 is 0.459 bits per heavy atom. The van der Waals surface area contributed by atoms with Crippen molar-refractivity contribution in [2.45, 2.75) is 0 Å². The van der Waals surface area contributed by atoms with E-state index in [1.54, 1.807) is 18.6 Å². The molecule has 0 saturated heterocycles. The number of H-pyrrole nitrogens is 1. The predicted octanol–water partition coefficient (Wildman–Crippen LogP) is 6.36. The van der Waals surface area contributed by atoms with E-state index in [4.69, 9.17) is 15.0 Å². The molecule has 0 unspecified atom stereocenters. The molecule has 0 amide bonds. The number of aromatic amines is 1. The number of benzene rings is 2. The summed E-state index contributed by atoms with van der Waals surface area (Å²) in [4.78, 5) is 31.5. The third kappa shape index (κ3) is 3.88. The van der Waals surface area contributed by atoms with Gasteiger partial charge in [-0.1, -0.05) is 30.3 Å². The van der Waals surface area contributed by atoms with Gasteiger partial charge < -0.3 is 4.98 Å². The highest BCUT2D eigenvalue weighted by Gasteiger charge is 2.16. The third-order valence-corrected chi connectivity index (χ3v) is 6.20. The average molecular weight is 478 g/mol. The number of pyridine rings is 3. The number of aromatic nitrogens is 7. The molecule has 37 heavy (non-hydrogen) atoms. The van der Waals surface area contributed by atoms with Crippen molar-refractivity contribution in [1.29, 1.82) is 0 Å². The van der Waals surface area contributed by atoms with Gasteiger partial charge in [-0.25, -0.2) is 15.0 Å². The summed E-state index contributed by atoms with van der Waals surface area (Å²) in [5, 5.41) is 0. The normalized spacial score (nSPS) is 11.2. The van der Waals surface area contributed by atoms with Gasteiger partial charge in [-0.15, -0.1) is 0 Å². The molecule has 7 heteroatoms. The molecule has 0 aliphatic carbocycles. The molecular weight excluding hydrogens is 458 g/mol. The Balaban J connectivity index is 1.35. The molecule has 0 aliphatic rings. The van der Waals surface area contributed by atoms with Gasteiger partial charge in [0.15, 0.2) is 5.82 Å². The molecule has 0 atom stereocenters. The maximum absolute atomic E-state index is 5.02. The SMILES string of the molecule is c1ccc(-c2nc3ccc(-c4ccc5nc(-c6ccccn6)c(-c6ccccn6)nc5c4)cc3[nH]2)nc1. The smallest absolute Gasteiger partial charge is 0.157 e. The van der Waals surface area contributed by atoms with Crippen LogP contribution in [0.3, 0.4) is 0 Å². The third-order valence-electron chi connectivity index (χ3n) is 6.20. The lowest BCUT2D eigenvalue weighted by atomic mass is 10.0. The van der Waals surface area contributed by atoms with E-state index in [-0.39, 0.29) is 0 Å². The van der Waals surface area contributed by atoms with Crippen molar-refractivity contribution in [2.75, 3.05) is 0 Å². The zero-order chi connectivity index (χ0) is 24.6. The second-order valence-electron chi connectivity index (χ2n) is 8.59. The number of nitrogens with zero attached hydrogens (tertiary/aromatic N) is 6. The predicted molar refractivity (Wildman–Crippen MR) is 144 cm³/mol. The van der Waals surface area contributed by atoms with Crippen LogP contribution in [0.25, 0.3) is 67.5 Å². The van der Waals surface area contributed by atoms with E-state index in [9.17, 15) is 0 Å². The fourth-order valence-electron chi connectivity index (χ4n) is 4.41. The Morgan fingerprint density at radius 3 is 1.65 bits per heavy atom. The van der Waals surface area contributed by atoms with Crippen LogP contribution in [-0.4, -0.2) is 34.9 Å². The summed E-state index contributed by atoms with van der Waals surface area (Å²) < 4.78 is 0. The van der Waals surface area contributed by atoms with Crippen LogP contribution >= 0.6 is 0 Å². The van der Waals surface area contributed by atoms with Crippen molar-refractivity contribution >= 4 is 22.1 Å². The van der Waals surface area contributed by atoms with Gasteiger partial charge in [-0.05, 0) is 71.8 Å². The number of fused-ring (bicyclic) bond motifs is 2. The largest absolute Gasteiger partial charge is 0.337 e. The van der Waals surface area contributed by atoms with Crippen LogP contribution < -0.4 is 0 Å². The standard InChI is InChI=1S/C30H19N7/c1-4-14-31-23(7-1)28-29(24-8-2-5-15-32-24)35-26-17-19(10-12-21(26)34-28)20-11-13-22-27(18-20)37-30(36-22)25-9-3-6-16-33-25/h1-18H,(H,36,37). The monoisotopic (exact) mass is 477 g/mol. The zero-order valence-corrected chi connectivity index (χ0v) is 19.6. The van der Waals surface area contributed by atoms with Crippen molar-refractivity contribution in [3.63, 3.8) is 0 Å². The summed E-state index contributed by atoms with van der Waals surface area (Å²) >= 11 is 0. The minimum atomic E-state index is 0.702. The second kappa shape index (κ2) is 8.73. The lowest BCUT2D eigenvalue weighted by Crippen LogP contribution is -1.98. The molecule has 0 saturated carbocycles. The van der Waals surface area contributed by atoms with E-state index < -0.39 is 0 Å². The number of nitrogens with one attached hydrogen (secondary N) is 1. The van der Waals surface area contributed by atoms with Gasteiger partial charge in [-0.3, -0.25) is 15.0 Å². The minimum Gasteiger partial charge on any atom is -0.337 e. The summed E-state index contributed by atoms with van der Waals surface area (Å²) in [6.07, 6.45) is 5.29. The molecule has 0 bridgehead atoms. The molecular formula is C30H19N7. The van der Waals surface area contributed by atoms with Gasteiger partial charge in [0.2, 0.25) is 0 Å². The van der Waals surface area contributed by atoms with Crippen LogP contribution in [-0.2, 0) is 0 Å². The van der Waals surface area contributed by atoms with Crippen LogP contribution in [0, 0.1) is 0 Å². The fourth-order valence-corrected chi connectivity index (χ4v) is 4.41. The summed E-state index contributed by atoms with van der Waals surface area (Å²) in [6.45, 7) is 0. The number of hydrogen-bond donors (Lipinski definition) is 1. The Hall–Kier alpha value is -5.30. The molecule has 0 spiro atoms. The lowest BCUT2D eigenvalue weighted by Gasteiger charge is -2.10. The summed E-state index contributed by atoms with van der Waals surface area (Å²) in [6, 6.07) is 29.7. The first-order valence-corrected chi connectivity index (χ1v) is 11.9. The van der Waals surface area contributed by atoms with Crippen LogP contribution in [0.15, 0.2) is 110 Å². The van der Waals surface area contributed by atoms with E-state index in [0.717, 1.165) is 56.1 Å². The Morgan fingerprint density at radius 2 is 1.03 bits per heavy atom. The van der Waals surface area contributed by atoms with Crippen molar-refractivity contribution in [2.24, 2.45) is 0 Å². The zero-order valence-electron chi connectivity index (χ0n) is 19.6. The highest BCUT2D eigenvalue weighted by molar-refractivity contribution is 5.89. The average Bonchev–Trinajstić information content (AvgIpc) is 3.41. The highest BCUT2D eigenvalue weighted by Crippen LogP contribution is 2.31. The number of imidazole rings is 1. The van der Waals surface area contributed by atoms with Gasteiger partial charge >= 0.3 is 0 Å². The molecule has 7 rings (SSSR count). The first-order valence-electron chi connectivity index (χ1n) is 11.9. The van der Waals surface area contributed by atoms with Gasteiger partial charge in [0.05, 0.1) is 33.5 Å². The van der Waals surface area contributed by atoms with Gasteiger partial charge in [0.25, 0.3) is 0 Å². The molecule has 2 aromatic carbocycles. The van der Waals surface area contributed by atoms with Crippen molar-refractivity contribution in [3.05, 3.63) is 110 Å². The fraction of sp³-hybridized carbons (Fsp3) is 0. The van der Waals surface area contributed by atoms with E-state index in [0.29, 0.717) is 11.4 Å². The first-order chi connectivity index (χ1) is 18.3. The van der Waals surface area contributed by atoms with Crippen LogP contribution in [0.2, 0.25) is 0 Å². The Bertz CT molecular complexity index is 1870. The maximum Gasteiger partial charge on any atom is 0.157 e. The molecule has 0 radical (unpaired) electrons. The maximum atomic E-state index is 5.02. The second-order valence-corrected chi connectivity index (χ2v) is 8.59. The molecule has 0 fully saturated rings. The summed E-state index contributed by atoms with van der Waals surface area (Å²) in [5.41, 5.74) is 9.25. The molecule has 5 aromatic heterocycles. The molecule has 7 nitrogen and oxygen atoms in total. The summed E-state index contributed by atoms with van der Waals surface area (Å²) in [7, 11) is 0. The molecule has 174 valence electrons. The summed E-state index contributed by atoms with van der Waals surface area (Å²) in [5.74, 6) is 0.749. The van der Waals surface area contributed by atoms with Gasteiger partial charge in [0, 0.05) is 18.6 Å². The quantitative estimate of drug-likeness (QED) is 0.317. The van der Waals surface area contributed by atoms with Gasteiger partial charge in [-0.2, -0.15) is 0 Å². The number of hydrogen-bond acceptors (Lipinski definition) is 6. The Labute approximate surface area is 212 Å². The lowest BCUT2D eigenvalue weighted by molar-refractivity contribution is 1.21. The van der Waals surface area contributed by atoms with Crippen LogP contribution in [0.4, 0.5) is 0 Å².